The molecule has 5 aromatic rings. The van der Waals surface area contributed by atoms with Crippen molar-refractivity contribution in [3.63, 3.8) is 0 Å². The van der Waals surface area contributed by atoms with Crippen LogP contribution in [0.3, 0.4) is 0 Å². The van der Waals surface area contributed by atoms with Crippen LogP contribution in [0.15, 0.2) is 140 Å². The molecule has 1 heterocycles. The number of nitrogens with one attached hydrogen (secondary N) is 3. The highest BCUT2D eigenvalue weighted by Crippen LogP contribution is 2.32. The summed E-state index contributed by atoms with van der Waals surface area (Å²) in [4.78, 5) is 127. The van der Waals surface area contributed by atoms with Crippen molar-refractivity contribution in [3.05, 3.63) is 167 Å². The Morgan fingerprint density at radius 2 is 1.37 bits per heavy atom. The van der Waals surface area contributed by atoms with Crippen molar-refractivity contribution in [2.45, 2.75) is 82.6 Å². The number of methoxy groups -OCH3 is 2. The molecule has 5 aromatic carbocycles. The number of aromatic hydroxyl groups is 1. The molecule has 0 saturated carbocycles. The third-order valence-corrected chi connectivity index (χ3v) is 15.5. The van der Waals surface area contributed by atoms with Crippen LogP contribution in [0, 0.1) is 5.41 Å². The average molecular weight is 1240 g/mol. The molecule has 1 aliphatic heterocycles. The van der Waals surface area contributed by atoms with E-state index >= 15 is 0 Å². The lowest BCUT2D eigenvalue weighted by atomic mass is 9.90. The lowest BCUT2D eigenvalue weighted by Crippen LogP contribution is -2.57. The van der Waals surface area contributed by atoms with Gasteiger partial charge in [-0.25, -0.2) is 4.79 Å². The second-order valence-electron chi connectivity index (χ2n) is 22.8. The number of Topliss-reactive ketones (excluding diaryl/α,β-unsaturated/α-hetero) is 1. The molecule has 480 valence electrons. The number of rotatable bonds is 33. The maximum Gasteiger partial charge on any atom is 0.330 e. The predicted molar refractivity (Wildman–Crippen MR) is 335 cm³/mol. The summed E-state index contributed by atoms with van der Waals surface area (Å²) in [6.45, 7) is 3.58. The number of benzene rings is 5. The normalized spacial score (nSPS) is 14.6. The summed E-state index contributed by atoms with van der Waals surface area (Å²) in [6.07, 6.45) is 3.26. The van der Waals surface area contributed by atoms with Crippen LogP contribution in [0.5, 0.6) is 23.0 Å². The molecule has 6 rings (SSSR count). The first kappa shape index (κ1) is 69.7. The van der Waals surface area contributed by atoms with Crippen molar-refractivity contribution in [2.75, 3.05) is 88.3 Å². The van der Waals surface area contributed by atoms with E-state index in [-0.39, 0.29) is 50.9 Å². The number of carbonyl (C=O) groups is 9. The first-order chi connectivity index (χ1) is 43.1. The number of piperazine rings is 1. The minimum Gasteiger partial charge on any atom is -0.508 e. The predicted octanol–water partition coefficient (Wildman–Crippen LogP) is 4.63. The van der Waals surface area contributed by atoms with Crippen LogP contribution < -0.4 is 30.2 Å². The fraction of sp³-hybridized carbons (Fsp3) is 0.397. The van der Waals surface area contributed by atoms with Crippen molar-refractivity contribution >= 4 is 53.5 Å². The Balaban J connectivity index is 1.16. The van der Waals surface area contributed by atoms with Crippen LogP contribution in [0.4, 0.5) is 0 Å². The summed E-state index contributed by atoms with van der Waals surface area (Å²) in [5, 5.41) is 19.1. The average Bonchev–Trinajstić information content (AvgIpc) is 1.84. The number of hydrogen-bond acceptors (Lipinski definition) is 17. The van der Waals surface area contributed by atoms with Gasteiger partial charge in [-0.15, -0.1) is 0 Å². The molecule has 0 unspecified atom stereocenters. The van der Waals surface area contributed by atoms with Gasteiger partial charge in [-0.3, -0.25) is 43.3 Å². The molecule has 1 aliphatic rings. The molecular formula is C68H83N7O15. The van der Waals surface area contributed by atoms with Crippen LogP contribution in [0.25, 0.3) is 0 Å². The van der Waals surface area contributed by atoms with E-state index in [1.54, 1.807) is 106 Å². The Morgan fingerprint density at radius 3 is 2.00 bits per heavy atom. The van der Waals surface area contributed by atoms with Crippen LogP contribution in [-0.2, 0) is 78.3 Å². The molecule has 90 heavy (non-hydrogen) atoms. The van der Waals surface area contributed by atoms with E-state index in [2.05, 4.69) is 16.0 Å². The van der Waals surface area contributed by atoms with Gasteiger partial charge in [-0.1, -0.05) is 97.1 Å². The van der Waals surface area contributed by atoms with Gasteiger partial charge in [-0.2, -0.15) is 0 Å². The highest BCUT2D eigenvalue weighted by atomic mass is 16.5. The molecular weight excluding hydrogens is 1150 g/mol. The van der Waals surface area contributed by atoms with Gasteiger partial charge in [0, 0.05) is 72.7 Å². The number of ether oxygens (including phenoxy) is 5. The van der Waals surface area contributed by atoms with E-state index in [0.29, 0.717) is 59.9 Å². The van der Waals surface area contributed by atoms with E-state index in [1.807, 2.05) is 42.3 Å². The summed E-state index contributed by atoms with van der Waals surface area (Å²) < 4.78 is 28.5. The van der Waals surface area contributed by atoms with Gasteiger partial charge in [-0.05, 0) is 104 Å². The van der Waals surface area contributed by atoms with Crippen molar-refractivity contribution in [2.24, 2.45) is 5.41 Å². The molecule has 5 amide bonds. The molecule has 0 bridgehead atoms. The van der Waals surface area contributed by atoms with Gasteiger partial charge < -0.3 is 59.4 Å². The molecule has 5 atom stereocenters. The summed E-state index contributed by atoms with van der Waals surface area (Å²) in [5.41, 5.74) is 2.36. The molecule has 22 heteroatoms. The minimum absolute atomic E-state index is 0.0107. The zero-order valence-electron chi connectivity index (χ0n) is 52.4. The second kappa shape index (κ2) is 34.4. The van der Waals surface area contributed by atoms with Crippen LogP contribution >= 0.6 is 0 Å². The summed E-state index contributed by atoms with van der Waals surface area (Å²) in [5.74, 6) is -3.51. The maximum atomic E-state index is 14.8. The third-order valence-electron chi connectivity index (χ3n) is 15.5. The summed E-state index contributed by atoms with van der Waals surface area (Å²) >= 11 is 0. The Morgan fingerprint density at radius 1 is 0.744 bits per heavy atom. The highest BCUT2D eigenvalue weighted by molar-refractivity contribution is 6.27. The number of phenols is 1. The van der Waals surface area contributed by atoms with Gasteiger partial charge in [0.25, 0.3) is 5.91 Å². The van der Waals surface area contributed by atoms with Gasteiger partial charge in [0.1, 0.15) is 48.4 Å². The molecule has 1 fully saturated rings. The van der Waals surface area contributed by atoms with Crippen LogP contribution in [0.2, 0.25) is 0 Å². The number of ketones is 1. The lowest BCUT2D eigenvalue weighted by molar-refractivity contribution is -0.156. The molecule has 0 spiro atoms. The van der Waals surface area contributed by atoms with E-state index in [1.165, 1.54) is 56.0 Å². The maximum absolute atomic E-state index is 14.8. The molecule has 0 radical (unpaired) electrons. The van der Waals surface area contributed by atoms with Crippen LogP contribution in [-0.4, -0.2) is 191 Å². The molecule has 1 saturated heterocycles. The quantitative estimate of drug-likeness (QED) is 0.0193. The first-order valence-corrected chi connectivity index (χ1v) is 29.7. The first-order valence-electron chi connectivity index (χ1n) is 29.7. The fourth-order valence-corrected chi connectivity index (χ4v) is 9.92. The zero-order valence-corrected chi connectivity index (χ0v) is 52.4. The standard InChI is InChI=1S/C68H83N7O15/c1-68(2,60(78)43-76)45-89-63(81)24-15-16-34-73(4)65(83)53(36-46-18-11-9-12-19-46)70-61(79)42-74(5)66(84)54(37-47-20-13-10-14-21-47)71-64(82)55(38-48-25-29-51(77)30-26-48)75(6)62(80)44-88-52-23-17-22-50(40-52)57(90-67(85)56-41-69-33-35-72(56)3)31-27-49-28-32-58(86-7)59(39-49)87-8/h9-15,17-26,28-30,32,39-40,43,53-57,69,77H,16,27,31,33-38,41-42,44-45H2,1-8H3,(H,70,79)(H,71,82)/b24-15+/t53-,54-,55+,56+,57-/m1/s1. The second-order valence-corrected chi connectivity index (χ2v) is 22.8. The number of likely N-dealkylation sites (N-methyl/N-ethyl adjacent to an activating group) is 4. The number of nitrogens with zero attached hydrogens (tertiary/aromatic N) is 4. The smallest absolute Gasteiger partial charge is 0.330 e. The van der Waals surface area contributed by atoms with E-state index in [4.69, 9.17) is 23.7 Å². The van der Waals surface area contributed by atoms with Crippen molar-refractivity contribution in [3.8, 4) is 23.0 Å². The van der Waals surface area contributed by atoms with Gasteiger partial charge >= 0.3 is 11.9 Å². The van der Waals surface area contributed by atoms with E-state index in [0.717, 1.165) is 28.6 Å². The Bertz CT molecular complexity index is 3270. The number of amides is 5. The Hall–Kier alpha value is -9.41. The minimum atomic E-state index is -1.27. The van der Waals surface area contributed by atoms with Crippen molar-refractivity contribution in [1.29, 1.82) is 0 Å². The topological polar surface area (TPSA) is 269 Å². The van der Waals surface area contributed by atoms with E-state index < -0.39 is 96.1 Å². The number of esters is 2. The SMILES string of the molecule is COc1ccc(CC[C@@H](OC(=O)[C@@H]2CNCCN2C)c2cccc(OCC(=O)N(C)[C@@H](Cc3ccc(O)cc3)C(=O)N[C@H](Cc3ccccc3)C(=O)N(C)CC(=O)N[C@H](Cc3ccccc3)C(=O)N(C)CC/C=C/C(=O)OCC(C)(C)C(=O)C=O)c2)cc1OC. The number of phenolic OH excluding ortho intramolecular Hbond substituents is 1. The third kappa shape index (κ3) is 21.1. The van der Waals surface area contributed by atoms with Gasteiger partial charge in [0.2, 0.25) is 29.4 Å². The number of aldehydes is 1. The largest absolute Gasteiger partial charge is 0.508 e. The highest BCUT2D eigenvalue weighted by Gasteiger charge is 2.35. The molecule has 0 aliphatic carbocycles. The zero-order chi connectivity index (χ0) is 65.3. The Kier molecular flexibility index (Phi) is 26.6. The van der Waals surface area contributed by atoms with Crippen molar-refractivity contribution < 1.29 is 71.9 Å². The number of aryl methyl sites for hydroxylation is 1. The molecule has 0 aromatic heterocycles. The fourth-order valence-electron chi connectivity index (χ4n) is 9.92. The lowest BCUT2D eigenvalue weighted by Gasteiger charge is -2.32. The Labute approximate surface area is 525 Å². The van der Waals surface area contributed by atoms with Crippen LogP contribution in [0.1, 0.15) is 60.6 Å². The molecule has 4 N–H and O–H groups in total. The van der Waals surface area contributed by atoms with E-state index in [9.17, 15) is 48.3 Å². The van der Waals surface area contributed by atoms with Gasteiger partial charge in [0.05, 0.1) is 26.2 Å². The number of hydrogen-bond donors (Lipinski definition) is 4. The monoisotopic (exact) mass is 1240 g/mol. The van der Waals surface area contributed by atoms with Gasteiger partial charge in [0.15, 0.2) is 24.4 Å². The molecule has 22 nitrogen and oxygen atoms in total. The van der Waals surface area contributed by atoms with Crippen molar-refractivity contribution in [1.82, 2.24) is 35.6 Å². The number of carbonyl (C=O) groups excluding carboxylic acids is 9. The summed E-state index contributed by atoms with van der Waals surface area (Å²) in [6, 6.07) is 32.5. The summed E-state index contributed by atoms with van der Waals surface area (Å²) in [7, 11) is 9.38.